The maximum absolute atomic E-state index is 6.19. The SMILES string of the molecule is CN(C)CCCCOc1ccccc1/C=C/c1ccccc1Cl. The summed E-state index contributed by atoms with van der Waals surface area (Å²) in [6.45, 7) is 1.84. The zero-order chi connectivity index (χ0) is 16.5. The molecule has 2 aromatic carbocycles. The molecule has 0 unspecified atom stereocenters. The average Bonchev–Trinajstić information content (AvgIpc) is 2.54. The molecule has 0 saturated heterocycles. The van der Waals surface area contributed by atoms with Crippen LogP contribution in [0.25, 0.3) is 12.2 Å². The van der Waals surface area contributed by atoms with Crippen molar-refractivity contribution in [2.75, 3.05) is 27.2 Å². The normalized spacial score (nSPS) is 11.3. The second kappa shape index (κ2) is 9.39. The molecule has 3 heteroatoms. The van der Waals surface area contributed by atoms with Crippen LogP contribution in [0.15, 0.2) is 48.5 Å². The molecule has 0 saturated carbocycles. The van der Waals surface area contributed by atoms with Gasteiger partial charge in [0, 0.05) is 10.6 Å². The molecule has 0 amide bonds. The lowest BCUT2D eigenvalue weighted by Gasteiger charge is -2.11. The number of para-hydroxylation sites is 1. The first-order valence-corrected chi connectivity index (χ1v) is 8.34. The van der Waals surface area contributed by atoms with Crippen molar-refractivity contribution in [3.63, 3.8) is 0 Å². The molecule has 0 aliphatic rings. The van der Waals surface area contributed by atoms with Crippen molar-refractivity contribution >= 4 is 23.8 Å². The molecule has 2 rings (SSSR count). The molecule has 0 N–H and O–H groups in total. The summed E-state index contributed by atoms with van der Waals surface area (Å²) in [4.78, 5) is 2.19. The van der Waals surface area contributed by atoms with Crippen molar-refractivity contribution in [1.82, 2.24) is 4.90 Å². The van der Waals surface area contributed by atoms with Crippen LogP contribution >= 0.6 is 11.6 Å². The summed E-state index contributed by atoms with van der Waals surface area (Å²) in [5.41, 5.74) is 2.08. The molecule has 0 radical (unpaired) electrons. The Hall–Kier alpha value is -1.77. The minimum atomic E-state index is 0.741. The van der Waals surface area contributed by atoms with Gasteiger partial charge in [0.1, 0.15) is 5.75 Å². The highest BCUT2D eigenvalue weighted by Crippen LogP contribution is 2.23. The quantitative estimate of drug-likeness (QED) is 0.485. The Balaban J connectivity index is 1.96. The first kappa shape index (κ1) is 17.6. The maximum Gasteiger partial charge on any atom is 0.126 e. The summed E-state index contributed by atoms with van der Waals surface area (Å²) < 4.78 is 5.93. The van der Waals surface area contributed by atoms with Crippen LogP contribution in [-0.4, -0.2) is 32.1 Å². The lowest BCUT2D eigenvalue weighted by Crippen LogP contribution is -2.13. The van der Waals surface area contributed by atoms with Crippen molar-refractivity contribution in [3.05, 3.63) is 64.7 Å². The van der Waals surface area contributed by atoms with Crippen LogP contribution in [0.3, 0.4) is 0 Å². The van der Waals surface area contributed by atoms with Gasteiger partial charge in [-0.3, -0.25) is 0 Å². The fraction of sp³-hybridized carbons (Fsp3) is 0.300. The highest BCUT2D eigenvalue weighted by Gasteiger charge is 2.01. The predicted molar refractivity (Wildman–Crippen MR) is 100 cm³/mol. The van der Waals surface area contributed by atoms with Gasteiger partial charge in [-0.05, 0) is 51.2 Å². The molecule has 2 nitrogen and oxygen atoms in total. The number of hydrogen-bond acceptors (Lipinski definition) is 2. The summed E-state index contributed by atoms with van der Waals surface area (Å²) in [5.74, 6) is 0.917. The van der Waals surface area contributed by atoms with Crippen molar-refractivity contribution in [2.45, 2.75) is 12.8 Å². The number of hydrogen-bond donors (Lipinski definition) is 0. The van der Waals surface area contributed by atoms with E-state index in [0.717, 1.165) is 47.9 Å². The predicted octanol–water partition coefficient (Wildman–Crippen LogP) is 5.23. The minimum absolute atomic E-state index is 0.741. The number of benzene rings is 2. The smallest absolute Gasteiger partial charge is 0.126 e. The van der Waals surface area contributed by atoms with E-state index in [0.29, 0.717) is 0 Å². The van der Waals surface area contributed by atoms with E-state index in [9.17, 15) is 0 Å². The number of unbranched alkanes of at least 4 members (excludes halogenated alkanes) is 1. The van der Waals surface area contributed by atoms with E-state index in [1.54, 1.807) is 0 Å². The Morgan fingerprint density at radius 3 is 2.30 bits per heavy atom. The highest BCUT2D eigenvalue weighted by molar-refractivity contribution is 6.32. The van der Waals surface area contributed by atoms with Crippen LogP contribution in [0, 0.1) is 0 Å². The lowest BCUT2D eigenvalue weighted by atomic mass is 10.1. The van der Waals surface area contributed by atoms with E-state index in [1.807, 2.05) is 48.5 Å². The van der Waals surface area contributed by atoms with Crippen molar-refractivity contribution in [2.24, 2.45) is 0 Å². The summed E-state index contributed by atoms with van der Waals surface area (Å²) in [6, 6.07) is 15.9. The molecule has 0 heterocycles. The molecule has 0 bridgehead atoms. The van der Waals surface area contributed by atoms with Crippen LogP contribution in [0.4, 0.5) is 0 Å². The van der Waals surface area contributed by atoms with Gasteiger partial charge in [0.2, 0.25) is 0 Å². The number of rotatable bonds is 8. The second-order valence-electron chi connectivity index (χ2n) is 5.75. The van der Waals surface area contributed by atoms with Gasteiger partial charge in [0.15, 0.2) is 0 Å². The van der Waals surface area contributed by atoms with Crippen molar-refractivity contribution in [3.8, 4) is 5.75 Å². The molecule has 2 aromatic rings. The molecule has 0 aromatic heterocycles. The topological polar surface area (TPSA) is 12.5 Å². The van der Waals surface area contributed by atoms with Crippen LogP contribution in [0.5, 0.6) is 5.75 Å². The Morgan fingerprint density at radius 2 is 1.57 bits per heavy atom. The third kappa shape index (κ3) is 6.09. The van der Waals surface area contributed by atoms with Crippen molar-refractivity contribution in [1.29, 1.82) is 0 Å². The molecular formula is C20H24ClNO. The molecule has 0 aliphatic carbocycles. The second-order valence-corrected chi connectivity index (χ2v) is 6.16. The van der Waals surface area contributed by atoms with Gasteiger partial charge in [-0.25, -0.2) is 0 Å². The van der Waals surface area contributed by atoms with Gasteiger partial charge in [-0.1, -0.05) is 60.2 Å². The fourth-order valence-electron chi connectivity index (χ4n) is 2.25. The number of nitrogens with zero attached hydrogens (tertiary/aromatic N) is 1. The molecule has 0 fully saturated rings. The number of ether oxygens (including phenoxy) is 1. The summed E-state index contributed by atoms with van der Waals surface area (Å²) in [5, 5.41) is 0.755. The number of halogens is 1. The molecule has 0 spiro atoms. The van der Waals surface area contributed by atoms with E-state index in [-0.39, 0.29) is 0 Å². The molecule has 0 atom stereocenters. The van der Waals surface area contributed by atoms with Crippen LogP contribution in [-0.2, 0) is 0 Å². The van der Waals surface area contributed by atoms with Gasteiger partial charge >= 0.3 is 0 Å². The Kier molecular flexibility index (Phi) is 7.18. The van der Waals surface area contributed by atoms with Gasteiger partial charge in [-0.15, -0.1) is 0 Å². The van der Waals surface area contributed by atoms with Crippen LogP contribution in [0.1, 0.15) is 24.0 Å². The third-order valence-electron chi connectivity index (χ3n) is 3.52. The highest BCUT2D eigenvalue weighted by atomic mass is 35.5. The van der Waals surface area contributed by atoms with E-state index in [1.165, 1.54) is 0 Å². The van der Waals surface area contributed by atoms with Crippen molar-refractivity contribution < 1.29 is 4.74 Å². The Labute approximate surface area is 144 Å². The van der Waals surface area contributed by atoms with Gasteiger partial charge < -0.3 is 9.64 Å². The van der Waals surface area contributed by atoms with Crippen LogP contribution in [0.2, 0.25) is 5.02 Å². The van der Waals surface area contributed by atoms with E-state index in [2.05, 4.69) is 31.1 Å². The average molecular weight is 330 g/mol. The standard InChI is InChI=1S/C20H24ClNO/c1-22(2)15-7-8-16-23-20-12-6-4-10-18(20)14-13-17-9-3-5-11-19(17)21/h3-6,9-14H,7-8,15-16H2,1-2H3/b14-13+. The van der Waals surface area contributed by atoms with E-state index in [4.69, 9.17) is 16.3 Å². The third-order valence-corrected chi connectivity index (χ3v) is 3.87. The lowest BCUT2D eigenvalue weighted by molar-refractivity contribution is 0.292. The van der Waals surface area contributed by atoms with E-state index >= 15 is 0 Å². The molecule has 0 aliphatic heterocycles. The van der Waals surface area contributed by atoms with Crippen LogP contribution < -0.4 is 4.74 Å². The minimum Gasteiger partial charge on any atom is -0.493 e. The largest absolute Gasteiger partial charge is 0.493 e. The Morgan fingerprint density at radius 1 is 0.913 bits per heavy atom. The maximum atomic E-state index is 6.19. The first-order chi connectivity index (χ1) is 11.2. The molecular weight excluding hydrogens is 306 g/mol. The zero-order valence-corrected chi connectivity index (χ0v) is 14.6. The summed E-state index contributed by atoms with van der Waals surface area (Å²) in [7, 11) is 4.19. The zero-order valence-electron chi connectivity index (χ0n) is 13.8. The molecule has 122 valence electrons. The summed E-state index contributed by atoms with van der Waals surface area (Å²) >= 11 is 6.19. The molecule has 23 heavy (non-hydrogen) atoms. The van der Waals surface area contributed by atoms with E-state index < -0.39 is 0 Å². The fourth-order valence-corrected chi connectivity index (χ4v) is 2.45. The summed E-state index contributed by atoms with van der Waals surface area (Å²) in [6.07, 6.45) is 6.28. The van der Waals surface area contributed by atoms with Gasteiger partial charge in [0.05, 0.1) is 6.61 Å². The first-order valence-electron chi connectivity index (χ1n) is 7.96. The monoisotopic (exact) mass is 329 g/mol. The van der Waals surface area contributed by atoms with Gasteiger partial charge in [-0.2, -0.15) is 0 Å². The van der Waals surface area contributed by atoms with Gasteiger partial charge in [0.25, 0.3) is 0 Å². The Bertz CT molecular complexity index is 637.